The van der Waals surface area contributed by atoms with Gasteiger partial charge in [-0.05, 0) is 166 Å². The molecule has 0 aliphatic carbocycles. The van der Waals surface area contributed by atoms with Crippen LogP contribution in [-0.4, -0.2) is 20.1 Å². The summed E-state index contributed by atoms with van der Waals surface area (Å²) < 4.78 is 8.20. The molecule has 0 atom stereocenters. The lowest BCUT2D eigenvalue weighted by Gasteiger charge is -2.47. The van der Waals surface area contributed by atoms with Crippen LogP contribution in [0.1, 0.15) is 11.1 Å². The minimum atomic E-state index is -0.212. The molecule has 0 amide bonds. The van der Waals surface area contributed by atoms with Crippen molar-refractivity contribution in [2.45, 2.75) is 13.8 Å². The van der Waals surface area contributed by atoms with E-state index in [9.17, 15) is 0 Å². The molecule has 5 aliphatic heterocycles. The van der Waals surface area contributed by atoms with E-state index in [4.69, 9.17) is 4.74 Å². The van der Waals surface area contributed by atoms with Crippen LogP contribution in [0.4, 0.5) is 85.3 Å². The van der Waals surface area contributed by atoms with Crippen molar-refractivity contribution < 1.29 is 4.74 Å². The highest BCUT2D eigenvalue weighted by Crippen LogP contribution is 2.52. The molecule has 0 saturated heterocycles. The van der Waals surface area contributed by atoms with E-state index in [1.165, 1.54) is 49.4 Å². The van der Waals surface area contributed by atoms with Gasteiger partial charge in [0.05, 0.1) is 11.4 Å². The third-order valence-electron chi connectivity index (χ3n) is 19.1. The van der Waals surface area contributed by atoms with Gasteiger partial charge in [-0.2, -0.15) is 0 Å². The summed E-state index contributed by atoms with van der Waals surface area (Å²) in [5.41, 5.74) is 29.9. The number of hydrogen-bond acceptors (Lipinski definition) is 6. The first-order valence-corrected chi connectivity index (χ1v) is 30.9. The normalized spacial score (nSPS) is 13.4. The predicted octanol–water partition coefficient (Wildman–Crippen LogP) is 14.6. The number of hydrogen-bond donors (Lipinski definition) is 0. The largest absolute Gasteiger partial charge is 0.459 e. The van der Waals surface area contributed by atoms with Gasteiger partial charge in [-0.3, -0.25) is 0 Å². The molecule has 13 aromatic carbocycles. The highest BCUT2D eigenvalue weighted by Gasteiger charge is 2.51. The summed E-state index contributed by atoms with van der Waals surface area (Å²) in [7, 11) is 0. The average Bonchev–Trinajstić information content (AvgIpc) is 0.987. The first-order valence-electron chi connectivity index (χ1n) is 30.9. The fourth-order valence-corrected chi connectivity index (χ4v) is 15.6. The fourth-order valence-electron chi connectivity index (χ4n) is 15.6. The number of fused-ring (bicyclic) bond motifs is 11. The number of ether oxygens (including phenoxy) is 1. The molecule has 0 unspecified atom stereocenters. The zero-order valence-electron chi connectivity index (χ0n) is 49.2. The summed E-state index contributed by atoms with van der Waals surface area (Å²) in [5.74, 6) is 1.75. The van der Waals surface area contributed by atoms with Crippen LogP contribution in [0.5, 0.6) is 11.5 Å². The molecule has 0 fully saturated rings. The molecule has 0 saturated carbocycles. The van der Waals surface area contributed by atoms with E-state index in [0.29, 0.717) is 0 Å². The van der Waals surface area contributed by atoms with Crippen molar-refractivity contribution in [1.29, 1.82) is 0 Å². The van der Waals surface area contributed by atoms with Crippen LogP contribution >= 0.6 is 0 Å². The quantitative estimate of drug-likeness (QED) is 0.141. The molecule has 9 heteroatoms. The number of rotatable bonds is 8. The zero-order chi connectivity index (χ0) is 58.8. The minimum Gasteiger partial charge on any atom is -0.459 e. The Labute approximate surface area is 520 Å². The first-order chi connectivity index (χ1) is 44.1. The summed E-state index contributed by atoms with van der Waals surface area (Å²) in [6, 6.07) is 112. The Balaban J connectivity index is 0.965. The van der Waals surface area contributed by atoms with E-state index in [2.05, 4.69) is 342 Å². The van der Waals surface area contributed by atoms with Crippen LogP contribution in [0.15, 0.2) is 303 Å². The maximum atomic E-state index is 8.20. The lowest BCUT2D eigenvalue weighted by Crippen LogP contribution is -2.66. The van der Waals surface area contributed by atoms with Crippen molar-refractivity contribution in [2.24, 2.45) is 0 Å². The highest BCUT2D eigenvalue weighted by atomic mass is 16.5. The zero-order valence-corrected chi connectivity index (χ0v) is 49.2. The van der Waals surface area contributed by atoms with Crippen LogP contribution < -0.4 is 78.4 Å². The summed E-state index contributed by atoms with van der Waals surface area (Å²) >= 11 is 0. The fraction of sp³-hybridized carbons (Fsp3) is 0.0250. The van der Waals surface area contributed by atoms with Gasteiger partial charge in [-0.15, -0.1) is 0 Å². The molecule has 416 valence electrons. The molecule has 0 aromatic heterocycles. The number of aryl methyl sites for hydroxylation is 2. The van der Waals surface area contributed by atoms with E-state index in [1.54, 1.807) is 0 Å². The maximum Gasteiger partial charge on any atom is 0.256 e. The molecular formula is C80H56B3N5O. The molecule has 18 rings (SSSR count). The molecule has 0 spiro atoms. The van der Waals surface area contributed by atoms with Gasteiger partial charge in [0.15, 0.2) is 0 Å². The molecule has 5 heterocycles. The molecule has 0 N–H and O–H groups in total. The Morgan fingerprint density at radius 3 is 1.17 bits per heavy atom. The number of benzene rings is 13. The smallest absolute Gasteiger partial charge is 0.256 e. The first kappa shape index (κ1) is 51.1. The van der Waals surface area contributed by atoms with Gasteiger partial charge < -0.3 is 29.2 Å². The Hall–Kier alpha value is -11.1. The second kappa shape index (κ2) is 20.2. The monoisotopic (exact) mass is 1140 g/mol. The Bertz CT molecular complexity index is 4900. The molecule has 0 bridgehead atoms. The van der Waals surface area contributed by atoms with Crippen LogP contribution in [0.25, 0.3) is 0 Å². The van der Waals surface area contributed by atoms with Crippen LogP contribution in [0.3, 0.4) is 0 Å². The lowest BCUT2D eigenvalue weighted by atomic mass is 9.29. The molecule has 0 radical (unpaired) electrons. The molecule has 89 heavy (non-hydrogen) atoms. The third-order valence-corrected chi connectivity index (χ3v) is 19.1. The van der Waals surface area contributed by atoms with Crippen molar-refractivity contribution in [3.63, 3.8) is 0 Å². The van der Waals surface area contributed by atoms with Gasteiger partial charge in [0.1, 0.15) is 11.5 Å². The average molecular weight is 1140 g/mol. The topological polar surface area (TPSA) is 25.4 Å². The Kier molecular flexibility index (Phi) is 11.6. The van der Waals surface area contributed by atoms with Crippen molar-refractivity contribution >= 4 is 155 Å². The van der Waals surface area contributed by atoms with Gasteiger partial charge in [-0.25, -0.2) is 0 Å². The molecule has 6 nitrogen and oxygen atoms in total. The van der Waals surface area contributed by atoms with Crippen molar-refractivity contribution in [1.82, 2.24) is 0 Å². The van der Waals surface area contributed by atoms with E-state index in [1.807, 2.05) is 0 Å². The number of nitrogens with zero attached hydrogens (tertiary/aromatic N) is 5. The van der Waals surface area contributed by atoms with Crippen molar-refractivity contribution in [3.05, 3.63) is 314 Å². The van der Waals surface area contributed by atoms with Crippen molar-refractivity contribution in [3.8, 4) is 11.5 Å². The van der Waals surface area contributed by atoms with Gasteiger partial charge >= 0.3 is 0 Å². The predicted molar refractivity (Wildman–Crippen MR) is 376 cm³/mol. The summed E-state index contributed by atoms with van der Waals surface area (Å²) in [4.78, 5) is 12.5. The third kappa shape index (κ3) is 7.74. The van der Waals surface area contributed by atoms with E-state index >= 15 is 0 Å². The van der Waals surface area contributed by atoms with Gasteiger partial charge in [0.2, 0.25) is 0 Å². The summed E-state index contributed by atoms with van der Waals surface area (Å²) in [6.45, 7) is 3.99. The Morgan fingerprint density at radius 2 is 0.674 bits per heavy atom. The molecule has 13 aromatic rings. The Morgan fingerprint density at radius 1 is 0.281 bits per heavy atom. The van der Waals surface area contributed by atoms with Crippen LogP contribution in [-0.2, 0) is 0 Å². The summed E-state index contributed by atoms with van der Waals surface area (Å²) in [5, 5.41) is 0. The number of anilines is 15. The SMILES string of the molecule is Cc1cccc(C)c1N1c2cc3c(cc2B2c4ccccc4N(c4ccccc4)c4cc(N(c5ccccc5)c5ccccc5)cc1c42)B1c2ccccc2N(c2ccccc2)c2cc4c(c(c21)O3)B(c1ccccc1)c1ccccc1N4c1ccccc1. The minimum absolute atomic E-state index is 0.164. The van der Waals surface area contributed by atoms with E-state index < -0.39 is 0 Å². The maximum absolute atomic E-state index is 8.20. The van der Waals surface area contributed by atoms with E-state index in [-0.39, 0.29) is 20.1 Å². The van der Waals surface area contributed by atoms with E-state index in [0.717, 1.165) is 108 Å². The highest BCUT2D eigenvalue weighted by molar-refractivity contribution is 7.04. The molecule has 5 aliphatic rings. The second-order valence-electron chi connectivity index (χ2n) is 24.0. The van der Waals surface area contributed by atoms with Gasteiger partial charge in [0, 0.05) is 80.0 Å². The van der Waals surface area contributed by atoms with Gasteiger partial charge in [-0.1, -0.05) is 206 Å². The van der Waals surface area contributed by atoms with Crippen LogP contribution in [0, 0.1) is 13.8 Å². The van der Waals surface area contributed by atoms with Crippen LogP contribution in [0.2, 0.25) is 0 Å². The van der Waals surface area contributed by atoms with Gasteiger partial charge in [0.25, 0.3) is 20.1 Å². The standard InChI is InChI=1S/C80H56B3N5O/c1-53-28-27-29-54(2)79(53)88-70-52-75-66(50-65(70)82-63-43-22-25-46-68(63)85(58-36-15-6-16-37-58)71-48-61(49-72(88)76(71)82)84(56-32-11-4-12-33-56)57-34-13-5-14-35-57)83-64-44-23-26-47-69(64)87(60-40-19-8-20-41-60)74-51-73-77(80(89-75)78(74)83)81(55-30-9-3-10-31-55)62-42-21-24-45-67(62)86(73)59-38-17-7-18-39-59/h3-52H,1-2H3. The number of para-hydroxylation sites is 9. The van der Waals surface area contributed by atoms with Crippen molar-refractivity contribution in [2.75, 3.05) is 24.5 Å². The molecular weight excluding hydrogens is 1080 g/mol. The lowest BCUT2D eigenvalue weighted by molar-refractivity contribution is 0.491. The second-order valence-corrected chi connectivity index (χ2v) is 24.0. The summed E-state index contributed by atoms with van der Waals surface area (Å²) in [6.07, 6.45) is 0.